The van der Waals surface area contributed by atoms with Crippen molar-refractivity contribution < 1.29 is 67.8 Å². The zero-order chi connectivity index (χ0) is 42.7. The van der Waals surface area contributed by atoms with E-state index in [0.717, 1.165) is 6.92 Å². The number of aliphatic hydroxyl groups is 3. The average molecular weight is 808 g/mol. The summed E-state index contributed by atoms with van der Waals surface area (Å²) in [5.74, 6) is -8.93. The fourth-order valence-corrected chi connectivity index (χ4v) is 9.87. The minimum atomic E-state index is -2.36. The lowest BCUT2D eigenvalue weighted by atomic mass is 9.42. The van der Waals surface area contributed by atoms with Crippen LogP contribution in [0.5, 0.6) is 0 Å². The molecule has 0 aromatic heterocycles. The van der Waals surface area contributed by atoms with E-state index in [1.54, 1.807) is 90.1 Å². The molecule has 1 aliphatic heterocycles. The summed E-state index contributed by atoms with van der Waals surface area (Å²) in [6, 6.07) is 14.6. The van der Waals surface area contributed by atoms with Gasteiger partial charge in [0.1, 0.15) is 29.5 Å². The van der Waals surface area contributed by atoms with Gasteiger partial charge in [-0.3, -0.25) is 14.4 Å². The highest BCUT2D eigenvalue weighted by atomic mass is 16.6. The topological polar surface area (TPSA) is 221 Å². The minimum Gasteiger partial charge on any atom is -0.460 e. The Bertz CT molecular complexity index is 1950. The summed E-state index contributed by atoms with van der Waals surface area (Å²) in [4.78, 5) is 83.6. The van der Waals surface area contributed by atoms with Crippen LogP contribution < -0.4 is 5.32 Å². The Morgan fingerprint density at radius 3 is 2.10 bits per heavy atom. The molecule has 0 radical (unpaired) electrons. The van der Waals surface area contributed by atoms with Crippen molar-refractivity contribution in [2.24, 2.45) is 28.6 Å². The number of alkyl carbamates (subject to hydrolysis) is 1. The fourth-order valence-electron chi connectivity index (χ4n) is 9.87. The van der Waals surface area contributed by atoms with Crippen LogP contribution in [0.1, 0.15) is 90.2 Å². The summed E-state index contributed by atoms with van der Waals surface area (Å²) >= 11 is 0. The number of amides is 1. The molecule has 4 N–H and O–H groups in total. The molecule has 0 spiro atoms. The third kappa shape index (κ3) is 7.09. The number of benzene rings is 2. The van der Waals surface area contributed by atoms with Crippen LogP contribution in [0.4, 0.5) is 4.79 Å². The maximum Gasteiger partial charge on any atom is 0.408 e. The van der Waals surface area contributed by atoms with E-state index >= 15 is 0 Å². The largest absolute Gasteiger partial charge is 0.460 e. The molecule has 4 aliphatic rings. The molecule has 1 amide bonds. The van der Waals surface area contributed by atoms with Gasteiger partial charge in [-0.2, -0.15) is 0 Å². The molecular formula is C43H53NO14. The fraction of sp³-hybridized carbons (Fsp3) is 0.581. The first-order valence-electron chi connectivity index (χ1n) is 19.5. The number of fused-ring (bicyclic) bond motifs is 5. The van der Waals surface area contributed by atoms with Crippen molar-refractivity contribution >= 4 is 35.6 Å². The van der Waals surface area contributed by atoms with Gasteiger partial charge in [-0.25, -0.2) is 14.4 Å². The summed E-state index contributed by atoms with van der Waals surface area (Å²) in [7, 11) is 0. The normalized spacial score (nSPS) is 34.9. The summed E-state index contributed by atoms with van der Waals surface area (Å²) < 4.78 is 29.5. The summed E-state index contributed by atoms with van der Waals surface area (Å²) in [5.41, 5.74) is -8.31. The van der Waals surface area contributed by atoms with Crippen LogP contribution in [0.2, 0.25) is 0 Å². The van der Waals surface area contributed by atoms with Gasteiger partial charge in [0.2, 0.25) is 11.6 Å². The van der Waals surface area contributed by atoms with E-state index in [0.29, 0.717) is 5.56 Å². The van der Waals surface area contributed by atoms with Crippen LogP contribution >= 0.6 is 0 Å². The second kappa shape index (κ2) is 15.2. The summed E-state index contributed by atoms with van der Waals surface area (Å²) in [6.45, 7) is 11.8. The van der Waals surface area contributed by atoms with Crippen molar-refractivity contribution in [1.29, 1.82) is 0 Å². The standard InChI is InChI=1S/C43H53NO14/c1-22-26(55-37(51)32(48)30(24-15-11-9-12-16-24)44-38(52)58-39(3,4)5)20-43(53)35(56-36(50)25-17-13-10-14-18-25)33-41(8,34(49)31(47)29(22)40(43,6)7)27(46)19-28-42(33,21-54-28)57-23(2)45/h9-18,22,26-30,32-33,35,46,48,53H,19-21H2,1-8H3,(H,44,52)/t22?,26-,27-,28+,29?,30-,32+,33-,35?,41+,42-,43+/m0/s1. The average Bonchev–Trinajstić information content (AvgIpc) is 3.14. The van der Waals surface area contributed by atoms with Gasteiger partial charge in [0.25, 0.3) is 0 Å². The SMILES string of the molecule is CC(=O)O[C@@]12CO[C@@H]1C[C@H](O)[C@@]1(C)C(=O)C(=O)C3C(C)[C@@H](OC(=O)[C@H](O)[C@@H](NC(=O)OC(C)(C)C)c4ccccc4)C[C@@](O)(C(OC(=O)c4ccccc4)[C@H]21)C3(C)C. The number of esters is 3. The van der Waals surface area contributed by atoms with Gasteiger partial charge < -0.3 is 44.3 Å². The number of rotatable bonds is 8. The second-order valence-electron chi connectivity index (χ2n) is 17.9. The molecule has 2 bridgehead atoms. The minimum absolute atomic E-state index is 0.0747. The van der Waals surface area contributed by atoms with E-state index in [2.05, 4.69) is 5.32 Å². The van der Waals surface area contributed by atoms with Crippen molar-refractivity contribution in [1.82, 2.24) is 5.32 Å². The zero-order valence-corrected chi connectivity index (χ0v) is 33.9. The van der Waals surface area contributed by atoms with E-state index in [9.17, 15) is 44.1 Å². The smallest absolute Gasteiger partial charge is 0.408 e. The summed E-state index contributed by atoms with van der Waals surface area (Å²) in [6.07, 6.45) is -9.48. The second-order valence-corrected chi connectivity index (χ2v) is 17.9. The van der Waals surface area contributed by atoms with Crippen LogP contribution in [0.3, 0.4) is 0 Å². The molecule has 12 atom stereocenters. The predicted molar refractivity (Wildman–Crippen MR) is 203 cm³/mol. The number of carbonyl (C=O) groups is 6. The molecule has 3 unspecified atom stereocenters. The zero-order valence-electron chi connectivity index (χ0n) is 33.9. The number of carbonyl (C=O) groups excluding carboxylic acids is 6. The van der Waals surface area contributed by atoms with Gasteiger partial charge in [-0.1, -0.05) is 69.3 Å². The van der Waals surface area contributed by atoms with Gasteiger partial charge in [0.15, 0.2) is 11.7 Å². The maximum atomic E-state index is 14.9. The molecule has 1 heterocycles. The molecule has 2 aromatic carbocycles. The van der Waals surface area contributed by atoms with E-state index in [4.69, 9.17) is 23.7 Å². The molecule has 6 rings (SSSR count). The molecule has 3 saturated carbocycles. The van der Waals surface area contributed by atoms with Gasteiger partial charge in [0, 0.05) is 37.0 Å². The maximum absolute atomic E-state index is 14.9. The number of aliphatic hydroxyl groups excluding tert-OH is 2. The number of hydrogen-bond acceptors (Lipinski definition) is 14. The van der Waals surface area contributed by atoms with Crippen molar-refractivity contribution in [3.05, 3.63) is 71.8 Å². The van der Waals surface area contributed by atoms with Crippen molar-refractivity contribution in [2.75, 3.05) is 6.61 Å². The van der Waals surface area contributed by atoms with E-state index in [1.165, 1.54) is 19.1 Å². The van der Waals surface area contributed by atoms with Crippen LogP contribution in [0, 0.1) is 28.6 Å². The van der Waals surface area contributed by atoms with Crippen LogP contribution in [-0.2, 0) is 42.9 Å². The highest BCUT2D eigenvalue weighted by molar-refractivity contribution is 6.40. The quantitative estimate of drug-likeness (QED) is 0.171. The Kier molecular flexibility index (Phi) is 11.2. The number of ether oxygens (including phenoxy) is 5. The Labute approximate surface area is 336 Å². The van der Waals surface area contributed by atoms with Crippen molar-refractivity contribution in [2.45, 2.75) is 122 Å². The molecule has 314 valence electrons. The molecule has 1 saturated heterocycles. The number of ketones is 2. The highest BCUT2D eigenvalue weighted by Gasteiger charge is 2.79. The first-order chi connectivity index (χ1) is 27.0. The van der Waals surface area contributed by atoms with Gasteiger partial charge in [-0.15, -0.1) is 0 Å². The predicted octanol–water partition coefficient (Wildman–Crippen LogP) is 3.40. The summed E-state index contributed by atoms with van der Waals surface area (Å²) in [5, 5.41) is 39.3. The first-order valence-corrected chi connectivity index (χ1v) is 19.5. The monoisotopic (exact) mass is 807 g/mol. The van der Waals surface area contributed by atoms with Gasteiger partial charge >= 0.3 is 24.0 Å². The van der Waals surface area contributed by atoms with E-state index in [-0.39, 0.29) is 18.6 Å². The molecular weight excluding hydrogens is 754 g/mol. The van der Waals surface area contributed by atoms with Gasteiger partial charge in [-0.05, 0) is 45.4 Å². The van der Waals surface area contributed by atoms with Crippen LogP contribution in [0.25, 0.3) is 0 Å². The Morgan fingerprint density at radius 2 is 1.55 bits per heavy atom. The van der Waals surface area contributed by atoms with Gasteiger partial charge in [0.05, 0.1) is 35.6 Å². The van der Waals surface area contributed by atoms with Crippen molar-refractivity contribution in [3.63, 3.8) is 0 Å². The molecule has 3 aliphatic carbocycles. The lowest BCUT2D eigenvalue weighted by Gasteiger charge is -2.67. The Balaban J connectivity index is 1.46. The lowest BCUT2D eigenvalue weighted by Crippen LogP contribution is -2.82. The molecule has 15 nitrogen and oxygen atoms in total. The third-order valence-corrected chi connectivity index (χ3v) is 12.9. The van der Waals surface area contributed by atoms with Crippen molar-refractivity contribution in [3.8, 4) is 0 Å². The molecule has 58 heavy (non-hydrogen) atoms. The highest BCUT2D eigenvalue weighted by Crippen LogP contribution is 2.64. The van der Waals surface area contributed by atoms with E-state index < -0.39 is 124 Å². The number of nitrogens with one attached hydrogen (secondary N) is 1. The lowest BCUT2D eigenvalue weighted by molar-refractivity contribution is -0.350. The molecule has 15 heteroatoms. The molecule has 2 aromatic rings. The van der Waals surface area contributed by atoms with Crippen LogP contribution in [-0.4, -0.2) is 105 Å². The molecule has 4 fully saturated rings. The Morgan fingerprint density at radius 1 is 0.948 bits per heavy atom. The Hall–Kier alpha value is -4.70. The first kappa shape index (κ1) is 42.9. The van der Waals surface area contributed by atoms with Crippen LogP contribution in [0.15, 0.2) is 60.7 Å². The van der Waals surface area contributed by atoms with E-state index in [1.807, 2.05) is 0 Å². The number of Topliss-reactive ketones (excluding diaryl/α,β-unsaturated/α-hetero) is 2. The third-order valence-electron chi connectivity index (χ3n) is 12.9. The number of hydrogen-bond donors (Lipinski definition) is 4.